The van der Waals surface area contributed by atoms with Crippen LogP contribution >= 0.6 is 0 Å². The van der Waals surface area contributed by atoms with Crippen molar-refractivity contribution in [3.05, 3.63) is 29.8 Å². The molecule has 0 radical (unpaired) electrons. The molecule has 13 heteroatoms. The molecule has 0 bridgehead atoms. The average Bonchev–Trinajstić information content (AvgIpc) is 2.81. The van der Waals surface area contributed by atoms with E-state index in [0.29, 0.717) is 31.4 Å². The molecule has 190 valence electrons. The van der Waals surface area contributed by atoms with Gasteiger partial charge in [-0.15, -0.1) is 0 Å². The minimum absolute atomic E-state index is 0.00948. The quantitative estimate of drug-likeness (QED) is 0.114. The highest BCUT2D eigenvalue weighted by atomic mass is 16.4. The number of aliphatic hydroxyl groups is 2. The third-order valence-electron chi connectivity index (χ3n) is 4.93. The van der Waals surface area contributed by atoms with Gasteiger partial charge >= 0.3 is 5.97 Å². The lowest BCUT2D eigenvalue weighted by Gasteiger charge is -2.23. The highest BCUT2D eigenvalue weighted by Crippen LogP contribution is 2.11. The summed E-state index contributed by atoms with van der Waals surface area (Å²) >= 11 is 0. The molecule has 0 saturated heterocycles. The van der Waals surface area contributed by atoms with Crippen LogP contribution in [0.5, 0.6) is 5.75 Å². The maximum atomic E-state index is 12.5. The minimum Gasteiger partial charge on any atom is -0.508 e. The van der Waals surface area contributed by atoms with Gasteiger partial charge < -0.3 is 47.8 Å². The van der Waals surface area contributed by atoms with Gasteiger partial charge in [-0.05, 0) is 37.1 Å². The predicted octanol–water partition coefficient (Wildman–Crippen LogP) is -3.09. The van der Waals surface area contributed by atoms with Crippen LogP contribution in [-0.4, -0.2) is 88.0 Å². The van der Waals surface area contributed by atoms with Gasteiger partial charge in [0.1, 0.15) is 23.9 Å². The van der Waals surface area contributed by atoms with E-state index in [4.69, 9.17) is 11.5 Å². The lowest BCUT2D eigenvalue weighted by atomic mass is 10.1. The number of phenols is 1. The number of phenolic OH excluding ortho intramolecular Hbond substituents is 1. The summed E-state index contributed by atoms with van der Waals surface area (Å²) < 4.78 is 0. The number of unbranched alkanes of at least 4 members (excludes halogenated alkanes) is 1. The molecule has 4 atom stereocenters. The largest absolute Gasteiger partial charge is 0.508 e. The maximum Gasteiger partial charge on any atom is 0.326 e. The summed E-state index contributed by atoms with van der Waals surface area (Å²) in [6.45, 7) is -1.22. The fourth-order valence-electron chi connectivity index (χ4n) is 2.92. The standard InChI is InChI=1S/C21H33N5O8/c22-8-2-1-3-14(23)18(30)25-16(10-27)20(32)26-17(11-28)19(31)24-15(21(33)34)9-12-4-6-13(29)7-5-12/h4-7,14-17,27-29H,1-3,8-11,22-23H2,(H,24,31)(H,25,30)(H,26,32)(H,33,34). The third-order valence-corrected chi connectivity index (χ3v) is 4.93. The zero-order valence-corrected chi connectivity index (χ0v) is 18.6. The molecule has 3 amide bonds. The van der Waals surface area contributed by atoms with Gasteiger partial charge in [-0.1, -0.05) is 18.6 Å². The molecular formula is C21H33N5O8. The lowest BCUT2D eigenvalue weighted by Crippen LogP contribution is -2.59. The molecule has 0 saturated carbocycles. The summed E-state index contributed by atoms with van der Waals surface area (Å²) in [5.41, 5.74) is 11.7. The predicted molar refractivity (Wildman–Crippen MR) is 120 cm³/mol. The topological polar surface area (TPSA) is 237 Å². The summed E-state index contributed by atoms with van der Waals surface area (Å²) in [7, 11) is 0. The summed E-state index contributed by atoms with van der Waals surface area (Å²) in [4.78, 5) is 48.6. The smallest absolute Gasteiger partial charge is 0.326 e. The number of amides is 3. The van der Waals surface area contributed by atoms with Crippen LogP contribution in [0.4, 0.5) is 0 Å². The number of benzene rings is 1. The molecule has 34 heavy (non-hydrogen) atoms. The first kappa shape index (κ1) is 28.8. The van der Waals surface area contributed by atoms with Gasteiger partial charge in [0.05, 0.1) is 19.3 Å². The molecule has 0 heterocycles. The molecule has 0 aromatic heterocycles. The van der Waals surface area contributed by atoms with Crippen LogP contribution in [0.15, 0.2) is 24.3 Å². The molecule has 11 N–H and O–H groups in total. The van der Waals surface area contributed by atoms with Gasteiger partial charge in [0.25, 0.3) is 0 Å². The lowest BCUT2D eigenvalue weighted by molar-refractivity contribution is -0.142. The van der Waals surface area contributed by atoms with Crippen molar-refractivity contribution in [1.29, 1.82) is 0 Å². The Morgan fingerprint density at radius 1 is 0.824 bits per heavy atom. The second kappa shape index (κ2) is 14.8. The summed E-state index contributed by atoms with van der Waals surface area (Å²) in [6.07, 6.45) is 1.47. The van der Waals surface area contributed by atoms with E-state index in [9.17, 15) is 39.6 Å². The molecule has 0 aliphatic heterocycles. The number of nitrogens with two attached hydrogens (primary N) is 2. The first-order valence-corrected chi connectivity index (χ1v) is 10.7. The van der Waals surface area contributed by atoms with Crippen molar-refractivity contribution in [3.63, 3.8) is 0 Å². The highest BCUT2D eigenvalue weighted by Gasteiger charge is 2.29. The normalized spacial score (nSPS) is 14.4. The van der Waals surface area contributed by atoms with Crippen LogP contribution in [0, 0.1) is 0 Å². The van der Waals surface area contributed by atoms with Crippen LogP contribution in [0.2, 0.25) is 0 Å². The molecule has 13 nitrogen and oxygen atoms in total. The van der Waals surface area contributed by atoms with Gasteiger partial charge in [0.2, 0.25) is 17.7 Å². The summed E-state index contributed by atoms with van der Waals surface area (Å²) in [5.74, 6) is -4.00. The molecule has 1 rings (SSSR count). The van der Waals surface area contributed by atoms with Crippen LogP contribution in [0.25, 0.3) is 0 Å². The van der Waals surface area contributed by atoms with Crippen molar-refractivity contribution in [2.45, 2.75) is 49.9 Å². The zero-order chi connectivity index (χ0) is 25.7. The molecule has 1 aromatic rings. The maximum absolute atomic E-state index is 12.5. The highest BCUT2D eigenvalue weighted by molar-refractivity contribution is 5.94. The van der Waals surface area contributed by atoms with E-state index in [-0.39, 0.29) is 12.2 Å². The molecule has 0 spiro atoms. The Bertz CT molecular complexity index is 820. The van der Waals surface area contributed by atoms with Crippen LogP contribution in [0.1, 0.15) is 24.8 Å². The number of aliphatic carboxylic acids is 1. The van der Waals surface area contributed by atoms with Crippen molar-refractivity contribution in [3.8, 4) is 5.75 Å². The van der Waals surface area contributed by atoms with E-state index < -0.39 is 61.1 Å². The van der Waals surface area contributed by atoms with E-state index in [1.807, 2.05) is 0 Å². The first-order valence-electron chi connectivity index (χ1n) is 10.7. The number of aliphatic hydroxyl groups excluding tert-OH is 2. The Kier molecular flexibility index (Phi) is 12.5. The molecule has 0 aliphatic carbocycles. The first-order chi connectivity index (χ1) is 16.1. The third kappa shape index (κ3) is 9.70. The van der Waals surface area contributed by atoms with Crippen molar-refractivity contribution in [1.82, 2.24) is 16.0 Å². The summed E-state index contributed by atoms with van der Waals surface area (Å²) in [6, 6.07) is 0.390. The molecule has 4 unspecified atom stereocenters. The molecule has 0 aliphatic rings. The Morgan fingerprint density at radius 3 is 1.79 bits per heavy atom. The SMILES string of the molecule is NCCCCC(N)C(=O)NC(CO)C(=O)NC(CO)C(=O)NC(Cc1ccc(O)cc1)C(=O)O. The number of rotatable bonds is 15. The molecular weight excluding hydrogens is 450 g/mol. The summed E-state index contributed by atoms with van der Waals surface area (Å²) in [5, 5.41) is 44.4. The number of carbonyl (C=O) groups excluding carboxylic acids is 3. The number of hydrogen-bond donors (Lipinski definition) is 9. The Balaban J connectivity index is 2.73. The van der Waals surface area contributed by atoms with Gasteiger partial charge in [0.15, 0.2) is 0 Å². The number of carboxylic acids is 1. The monoisotopic (exact) mass is 483 g/mol. The molecule has 0 fully saturated rings. The van der Waals surface area contributed by atoms with Crippen LogP contribution in [0.3, 0.4) is 0 Å². The number of hydrogen-bond acceptors (Lipinski definition) is 9. The average molecular weight is 484 g/mol. The van der Waals surface area contributed by atoms with E-state index in [0.717, 1.165) is 0 Å². The Labute approximate surface area is 196 Å². The fourth-order valence-corrected chi connectivity index (χ4v) is 2.92. The van der Waals surface area contributed by atoms with Crippen molar-refractivity contribution in [2.75, 3.05) is 19.8 Å². The van der Waals surface area contributed by atoms with Crippen molar-refractivity contribution < 1.29 is 39.6 Å². The van der Waals surface area contributed by atoms with E-state index in [1.165, 1.54) is 24.3 Å². The Hall–Kier alpha value is -3.26. The van der Waals surface area contributed by atoms with Crippen molar-refractivity contribution >= 4 is 23.7 Å². The number of nitrogens with one attached hydrogen (secondary N) is 3. The number of carboxylic acid groups (broad SMARTS) is 1. The molecule has 1 aromatic carbocycles. The van der Waals surface area contributed by atoms with Gasteiger partial charge in [-0.3, -0.25) is 14.4 Å². The Morgan fingerprint density at radius 2 is 1.32 bits per heavy atom. The number of carbonyl (C=O) groups is 4. The minimum atomic E-state index is -1.54. The van der Waals surface area contributed by atoms with E-state index in [1.54, 1.807) is 0 Å². The van der Waals surface area contributed by atoms with Crippen LogP contribution in [-0.2, 0) is 25.6 Å². The second-order valence-electron chi connectivity index (χ2n) is 7.65. The zero-order valence-electron chi connectivity index (χ0n) is 18.6. The van der Waals surface area contributed by atoms with Crippen molar-refractivity contribution in [2.24, 2.45) is 11.5 Å². The van der Waals surface area contributed by atoms with Crippen LogP contribution < -0.4 is 27.4 Å². The van der Waals surface area contributed by atoms with E-state index >= 15 is 0 Å². The van der Waals surface area contributed by atoms with Gasteiger partial charge in [0, 0.05) is 6.42 Å². The second-order valence-corrected chi connectivity index (χ2v) is 7.65. The number of aromatic hydroxyl groups is 1. The van der Waals surface area contributed by atoms with Gasteiger partial charge in [-0.25, -0.2) is 4.79 Å². The van der Waals surface area contributed by atoms with Gasteiger partial charge in [-0.2, -0.15) is 0 Å². The van der Waals surface area contributed by atoms with E-state index in [2.05, 4.69) is 16.0 Å². The fraction of sp³-hybridized carbons (Fsp3) is 0.524.